The molecule has 3 aromatic heterocycles. The number of amides is 1. The Balaban J connectivity index is 1.77. The molecule has 0 radical (unpaired) electrons. The summed E-state index contributed by atoms with van der Waals surface area (Å²) < 4.78 is 5.90. The van der Waals surface area contributed by atoms with E-state index in [4.69, 9.17) is 32.6 Å². The summed E-state index contributed by atoms with van der Waals surface area (Å²) in [6, 6.07) is 14.8. The van der Waals surface area contributed by atoms with E-state index >= 15 is 0 Å². The predicted molar refractivity (Wildman–Crippen MR) is 141 cm³/mol. The third-order valence-corrected chi connectivity index (χ3v) is 6.33. The normalized spacial score (nSPS) is 11.1. The van der Waals surface area contributed by atoms with Gasteiger partial charge in [0, 0.05) is 41.3 Å². The van der Waals surface area contributed by atoms with Gasteiger partial charge in [0.15, 0.2) is 11.5 Å². The summed E-state index contributed by atoms with van der Waals surface area (Å²) in [6.07, 6.45) is 3.71. The average Bonchev–Trinajstić information content (AvgIpc) is 3.52. The highest BCUT2D eigenvalue weighted by Gasteiger charge is 2.24. The van der Waals surface area contributed by atoms with Gasteiger partial charge in [0.05, 0.1) is 22.3 Å². The summed E-state index contributed by atoms with van der Waals surface area (Å²) in [5.41, 5.74) is 5.13. The number of nitrogens with one attached hydrogen (secondary N) is 2. The molecule has 5 rings (SSSR count). The summed E-state index contributed by atoms with van der Waals surface area (Å²) in [4.78, 5) is 29.4. The number of benzene rings is 2. The molecule has 180 valence electrons. The fraction of sp³-hybridized carbons (Fsp3) is 0.111. The van der Waals surface area contributed by atoms with E-state index in [1.54, 1.807) is 31.5 Å². The molecule has 1 amide bonds. The maximum Gasteiger partial charge on any atom is 0.229 e. The highest BCUT2D eigenvalue weighted by molar-refractivity contribution is 6.34. The Bertz CT molecular complexity index is 1610. The van der Waals surface area contributed by atoms with E-state index in [9.17, 15) is 9.59 Å². The molecule has 0 aliphatic carbocycles. The van der Waals surface area contributed by atoms with Crippen LogP contribution in [0.4, 0.5) is 5.69 Å². The van der Waals surface area contributed by atoms with E-state index in [1.807, 2.05) is 36.4 Å². The van der Waals surface area contributed by atoms with Crippen molar-refractivity contribution in [2.75, 3.05) is 5.32 Å². The quantitative estimate of drug-likeness (QED) is 0.228. The van der Waals surface area contributed by atoms with Crippen LogP contribution < -0.4 is 5.32 Å². The number of H-pyrrole nitrogens is 1. The number of halogens is 2. The molecule has 0 bridgehead atoms. The zero-order valence-corrected chi connectivity index (χ0v) is 20.9. The molecule has 0 atom stereocenters. The van der Waals surface area contributed by atoms with E-state index < -0.39 is 0 Å². The van der Waals surface area contributed by atoms with Crippen molar-refractivity contribution in [1.29, 1.82) is 0 Å². The van der Waals surface area contributed by atoms with Crippen molar-refractivity contribution in [3.05, 3.63) is 76.7 Å². The number of hydrogen-bond acceptors (Lipinski definition) is 5. The lowest BCUT2D eigenvalue weighted by Gasteiger charge is -2.12. The molecule has 7 nitrogen and oxygen atoms in total. The minimum absolute atomic E-state index is 0.0656. The third-order valence-electron chi connectivity index (χ3n) is 5.77. The molecule has 36 heavy (non-hydrogen) atoms. The van der Waals surface area contributed by atoms with Crippen LogP contribution in [0.15, 0.2) is 65.3 Å². The van der Waals surface area contributed by atoms with E-state index in [2.05, 4.69) is 15.5 Å². The molecule has 5 aromatic rings. The number of hydrogen-bond donors (Lipinski definition) is 2. The Labute approximate surface area is 216 Å². The number of carbonyl (C=O) groups excluding carboxylic acids is 2. The topological polar surface area (TPSA) is 101 Å². The highest BCUT2D eigenvalue weighted by atomic mass is 35.5. The number of aromatic amines is 1. The molecule has 0 unspecified atom stereocenters. The van der Waals surface area contributed by atoms with Gasteiger partial charge in [0.2, 0.25) is 11.6 Å². The van der Waals surface area contributed by atoms with Crippen LogP contribution in [0.25, 0.3) is 44.6 Å². The number of rotatable bonds is 6. The van der Waals surface area contributed by atoms with E-state index in [0.717, 1.165) is 22.3 Å². The van der Waals surface area contributed by atoms with Crippen LogP contribution in [0, 0.1) is 0 Å². The number of Topliss-reactive ketones (excluding diaryl/α,β-unsaturated/α-hetero) is 1. The summed E-state index contributed by atoms with van der Waals surface area (Å²) in [5, 5.41) is 11.1. The van der Waals surface area contributed by atoms with Crippen LogP contribution in [-0.4, -0.2) is 26.9 Å². The number of anilines is 1. The van der Waals surface area contributed by atoms with E-state index in [0.29, 0.717) is 32.4 Å². The number of carbonyl (C=O) groups is 2. The lowest BCUT2D eigenvalue weighted by atomic mass is 9.96. The van der Waals surface area contributed by atoms with Crippen molar-refractivity contribution < 1.29 is 14.0 Å². The Morgan fingerprint density at radius 3 is 2.39 bits per heavy atom. The van der Waals surface area contributed by atoms with Gasteiger partial charge in [-0.15, -0.1) is 0 Å². The van der Waals surface area contributed by atoms with Crippen LogP contribution in [0.1, 0.15) is 30.8 Å². The molecule has 9 heteroatoms. The highest BCUT2D eigenvalue weighted by Crippen LogP contribution is 2.41. The van der Waals surface area contributed by atoms with E-state index in [-0.39, 0.29) is 29.6 Å². The van der Waals surface area contributed by atoms with Crippen molar-refractivity contribution in [2.24, 2.45) is 0 Å². The number of nitrogens with zero attached hydrogens (tertiary/aromatic N) is 2. The van der Waals surface area contributed by atoms with Crippen LogP contribution in [0.3, 0.4) is 0 Å². The largest absolute Gasteiger partial charge is 0.432 e. The molecule has 3 heterocycles. The lowest BCUT2D eigenvalue weighted by Crippen LogP contribution is -2.09. The molecule has 0 saturated heterocycles. The van der Waals surface area contributed by atoms with Gasteiger partial charge in [0.25, 0.3) is 0 Å². The van der Waals surface area contributed by atoms with Gasteiger partial charge in [-0.3, -0.25) is 14.7 Å². The van der Waals surface area contributed by atoms with Crippen molar-refractivity contribution in [3.63, 3.8) is 0 Å². The Morgan fingerprint density at radius 2 is 1.75 bits per heavy atom. The number of aromatic nitrogens is 3. The monoisotopic (exact) mass is 518 g/mol. The molecular weight excluding hydrogens is 499 g/mol. The first-order valence-corrected chi connectivity index (χ1v) is 11.9. The fourth-order valence-corrected chi connectivity index (χ4v) is 4.43. The first-order valence-electron chi connectivity index (χ1n) is 11.2. The van der Waals surface area contributed by atoms with Crippen molar-refractivity contribution in [2.45, 2.75) is 20.3 Å². The summed E-state index contributed by atoms with van der Waals surface area (Å²) in [7, 11) is 0. The van der Waals surface area contributed by atoms with Gasteiger partial charge in [0.1, 0.15) is 5.69 Å². The van der Waals surface area contributed by atoms with Gasteiger partial charge in [-0.2, -0.15) is 5.10 Å². The molecule has 0 aliphatic heterocycles. The van der Waals surface area contributed by atoms with E-state index in [1.165, 1.54) is 6.92 Å². The minimum Gasteiger partial charge on any atom is -0.432 e. The van der Waals surface area contributed by atoms with Crippen LogP contribution >= 0.6 is 23.2 Å². The maximum atomic E-state index is 12.6. The number of fused-ring (bicyclic) bond motifs is 1. The van der Waals surface area contributed by atoms with Crippen LogP contribution in [0.2, 0.25) is 10.0 Å². The SMILES string of the molecule is CCC(=O)c1oc2nc(-c3ccc(-c4cn[nH]c4)cc3Cl)c(-c3ccc(Cl)cc3)cc2c1NC(C)=O. The van der Waals surface area contributed by atoms with Gasteiger partial charge >= 0.3 is 0 Å². The Hall–Kier alpha value is -3.94. The summed E-state index contributed by atoms with van der Waals surface area (Å²) in [5.74, 6) is -0.498. The molecule has 0 saturated carbocycles. The minimum atomic E-state index is -0.321. The Kier molecular flexibility index (Phi) is 6.35. The molecule has 2 aromatic carbocycles. The molecule has 2 N–H and O–H groups in total. The van der Waals surface area contributed by atoms with Crippen molar-refractivity contribution in [1.82, 2.24) is 15.2 Å². The molecule has 0 spiro atoms. The average molecular weight is 519 g/mol. The third kappa shape index (κ3) is 4.39. The second kappa shape index (κ2) is 9.60. The zero-order valence-electron chi connectivity index (χ0n) is 19.4. The second-order valence-electron chi connectivity index (χ2n) is 8.19. The molecular formula is C27H20Cl2N4O3. The standard InChI is InChI=1S/C27H20Cl2N4O3/c1-3-23(35)26-25(32-14(2)34)21-11-20(15-4-7-18(28)8-5-15)24(33-27(21)36-26)19-9-6-16(10-22(19)29)17-12-30-31-13-17/h4-13H,3H2,1-2H3,(H,30,31)(H,32,34). The molecule has 0 aliphatic rings. The van der Waals surface area contributed by atoms with Crippen LogP contribution in [0.5, 0.6) is 0 Å². The van der Waals surface area contributed by atoms with Crippen molar-refractivity contribution in [3.8, 4) is 33.5 Å². The van der Waals surface area contributed by atoms with Gasteiger partial charge in [-0.1, -0.05) is 54.4 Å². The lowest BCUT2D eigenvalue weighted by molar-refractivity contribution is -0.114. The smallest absolute Gasteiger partial charge is 0.229 e. The van der Waals surface area contributed by atoms with Crippen molar-refractivity contribution >= 4 is 51.7 Å². The van der Waals surface area contributed by atoms with Gasteiger partial charge in [-0.05, 0) is 35.4 Å². The first-order chi connectivity index (χ1) is 17.4. The van der Waals surface area contributed by atoms with Gasteiger partial charge < -0.3 is 9.73 Å². The zero-order chi connectivity index (χ0) is 25.4. The summed E-state index contributed by atoms with van der Waals surface area (Å²) >= 11 is 12.9. The fourth-order valence-electron chi connectivity index (χ4n) is 4.03. The molecule has 0 fully saturated rings. The number of pyridine rings is 1. The maximum absolute atomic E-state index is 12.6. The van der Waals surface area contributed by atoms with Crippen LogP contribution in [-0.2, 0) is 4.79 Å². The predicted octanol–water partition coefficient (Wildman–Crippen LogP) is 7.41. The first kappa shape index (κ1) is 23.8. The Morgan fingerprint density at radius 1 is 1.00 bits per heavy atom. The number of ketones is 1. The second-order valence-corrected chi connectivity index (χ2v) is 9.03. The number of furan rings is 1. The summed E-state index contributed by atoms with van der Waals surface area (Å²) in [6.45, 7) is 3.11. The van der Waals surface area contributed by atoms with Gasteiger partial charge in [-0.25, -0.2) is 4.98 Å².